The maximum Gasteiger partial charge on any atom is 0.466 e. The van der Waals surface area contributed by atoms with Crippen molar-refractivity contribution in [3.8, 4) is 0 Å². The van der Waals surface area contributed by atoms with Crippen LogP contribution < -0.4 is 0 Å². The minimum Gasteiger partial charge on any atom is -0.303 e. The molecular weight excluding hydrogens is 215 g/mol. The summed E-state index contributed by atoms with van der Waals surface area (Å²) in [4.78, 5) is 21.6. The Morgan fingerprint density at radius 1 is 1.14 bits per heavy atom. The largest absolute Gasteiger partial charge is 0.466 e. The van der Waals surface area contributed by atoms with Crippen LogP contribution in [0.3, 0.4) is 0 Å². The van der Waals surface area contributed by atoms with Crippen molar-refractivity contribution in [3.63, 3.8) is 0 Å². The Bertz CT molecular complexity index is 57.8. The first-order valence-corrected chi connectivity index (χ1v) is 2.35. The van der Waals surface area contributed by atoms with Crippen molar-refractivity contribution < 1.29 is 41.6 Å². The van der Waals surface area contributed by atoms with Gasteiger partial charge in [0.25, 0.3) is 0 Å². The third kappa shape index (κ3) is 112. The maximum atomic E-state index is 8.88. The van der Waals surface area contributed by atoms with Crippen molar-refractivity contribution in [2.24, 2.45) is 0 Å². The molecule has 0 fully saturated rings. The van der Waals surface area contributed by atoms with Gasteiger partial charge < -0.3 is 14.7 Å². The monoisotopic (exact) mass is 221 g/mol. The van der Waals surface area contributed by atoms with Gasteiger partial charge in [0, 0.05) is 22.4 Å². The van der Waals surface area contributed by atoms with Gasteiger partial charge in [0.05, 0.1) is 0 Å². The molecule has 3 N–H and O–H groups in total. The fraction of sp³-hybridized carbons (Fsp3) is 0. The Morgan fingerprint density at radius 3 is 1.14 bits per heavy atom. The molecule has 0 aliphatic carbocycles. The van der Waals surface area contributed by atoms with E-state index in [0.717, 1.165) is 0 Å². The summed E-state index contributed by atoms with van der Waals surface area (Å²) >= 11 is 0. The Kier molecular flexibility index (Phi) is 12.4. The molecule has 0 aliphatic rings. The first-order chi connectivity index (χ1) is 2.00. The molecule has 0 rings (SSSR count). The zero-order valence-electron chi connectivity index (χ0n) is 2.64. The van der Waals surface area contributed by atoms with Gasteiger partial charge in [-0.15, -0.1) is 0 Å². The molecule has 0 aromatic heterocycles. The summed E-state index contributed by atoms with van der Waals surface area (Å²) in [5, 5.41) is 0. The predicted molar refractivity (Wildman–Crippen MR) is 24.2 cm³/mol. The molecule has 1 radical (unpaired) electrons. The van der Waals surface area contributed by atoms with Crippen LogP contribution in [0.25, 0.3) is 0 Å². The van der Waals surface area contributed by atoms with E-state index in [9.17, 15) is 0 Å². The number of hydrogen-bond donors (Lipinski definition) is 3. The van der Waals surface area contributed by atoms with E-state index in [1.165, 1.54) is 0 Å². The fourth-order valence-corrected chi connectivity index (χ4v) is 0. The molecule has 7 heteroatoms. The third-order valence-corrected chi connectivity index (χ3v) is 0. The molecule has 0 spiro atoms. The van der Waals surface area contributed by atoms with E-state index >= 15 is 0 Å². The molecule has 0 atom stereocenters. The second-order valence-corrected chi connectivity index (χ2v) is 1.54. The van der Waals surface area contributed by atoms with E-state index in [4.69, 9.17) is 19.2 Å². The van der Waals surface area contributed by atoms with Gasteiger partial charge in [-0.05, 0) is 0 Å². The Balaban J connectivity index is -0.0000000800. The van der Waals surface area contributed by atoms with Gasteiger partial charge in [0.2, 0.25) is 0 Å². The van der Waals surface area contributed by atoms with Crippen molar-refractivity contribution in [2.45, 2.75) is 0 Å². The standard InChI is InChI=1S/Al.Nb.H3O4P.3H/c;;1-5(2,3)4;;;/h;;(H3,1,2,3,4);;;. The SMILES string of the molecule is O=P(O)(O)O.[AlH3].[Nb]. The average molecular weight is 221 g/mol. The van der Waals surface area contributed by atoms with E-state index in [0.29, 0.717) is 0 Å². The Hall–Kier alpha value is 1.38. The Labute approximate surface area is 66.8 Å². The van der Waals surface area contributed by atoms with E-state index in [1.54, 1.807) is 0 Å². The van der Waals surface area contributed by atoms with Crippen LogP contribution in [0.15, 0.2) is 0 Å². The quantitative estimate of drug-likeness (QED) is 0.323. The molecule has 0 aromatic rings. The van der Waals surface area contributed by atoms with Crippen LogP contribution in [-0.2, 0) is 26.9 Å². The van der Waals surface area contributed by atoms with Crippen LogP contribution in [0.2, 0.25) is 0 Å². The summed E-state index contributed by atoms with van der Waals surface area (Å²) in [5.74, 6) is 0. The molecule has 43 valence electrons. The van der Waals surface area contributed by atoms with E-state index in [1.807, 2.05) is 0 Å². The van der Waals surface area contributed by atoms with Gasteiger partial charge in [0.1, 0.15) is 0 Å². The van der Waals surface area contributed by atoms with Gasteiger partial charge in [0.15, 0.2) is 17.4 Å². The van der Waals surface area contributed by atoms with Crippen molar-refractivity contribution in [1.82, 2.24) is 0 Å². The molecule has 4 nitrogen and oxygen atoms in total. The minimum atomic E-state index is -4.64. The van der Waals surface area contributed by atoms with Crippen LogP contribution >= 0.6 is 7.82 Å². The Morgan fingerprint density at radius 2 is 1.14 bits per heavy atom. The molecule has 0 aliphatic heterocycles. The fourth-order valence-electron chi connectivity index (χ4n) is 0. The summed E-state index contributed by atoms with van der Waals surface area (Å²) in [5.41, 5.74) is 0. The molecule has 7 heavy (non-hydrogen) atoms. The van der Waals surface area contributed by atoms with Crippen LogP contribution in [-0.4, -0.2) is 32.0 Å². The third-order valence-electron chi connectivity index (χ3n) is 0. The molecular formula is H6AlNbO4P. The van der Waals surface area contributed by atoms with Gasteiger partial charge in [-0.25, -0.2) is 4.57 Å². The summed E-state index contributed by atoms with van der Waals surface area (Å²) in [6.45, 7) is 0. The summed E-state index contributed by atoms with van der Waals surface area (Å²) < 4.78 is 8.88. The molecule has 0 aromatic carbocycles. The summed E-state index contributed by atoms with van der Waals surface area (Å²) in [6.07, 6.45) is 0. The van der Waals surface area contributed by atoms with E-state index in [-0.39, 0.29) is 39.7 Å². The summed E-state index contributed by atoms with van der Waals surface area (Å²) in [7, 11) is -4.64. The van der Waals surface area contributed by atoms with Crippen LogP contribution in [0, 0.1) is 0 Å². The van der Waals surface area contributed by atoms with Crippen molar-refractivity contribution >= 4 is 25.2 Å². The molecule has 0 unspecified atom stereocenters. The average Bonchev–Trinajstić information content (AvgIpc) is 0.722. The predicted octanol–water partition coefficient (Wildman–Crippen LogP) is -2.12. The normalized spacial score (nSPS) is 8.43. The molecule has 0 saturated carbocycles. The maximum absolute atomic E-state index is 8.88. The van der Waals surface area contributed by atoms with Crippen molar-refractivity contribution in [1.29, 1.82) is 0 Å². The number of phosphoric acid groups is 1. The van der Waals surface area contributed by atoms with Gasteiger partial charge in [-0.2, -0.15) is 0 Å². The number of hydrogen-bond acceptors (Lipinski definition) is 1. The second kappa shape index (κ2) is 5.52. The first kappa shape index (κ1) is 15.8. The zero-order chi connectivity index (χ0) is 4.50. The van der Waals surface area contributed by atoms with Crippen molar-refractivity contribution in [3.05, 3.63) is 0 Å². The van der Waals surface area contributed by atoms with Gasteiger partial charge >= 0.3 is 7.82 Å². The molecule has 0 saturated heterocycles. The van der Waals surface area contributed by atoms with Crippen LogP contribution in [0.4, 0.5) is 0 Å². The minimum absolute atomic E-state index is 0. The summed E-state index contributed by atoms with van der Waals surface area (Å²) in [6, 6.07) is 0. The zero-order valence-corrected chi connectivity index (χ0v) is 5.74. The number of rotatable bonds is 0. The molecule has 0 amide bonds. The smallest absolute Gasteiger partial charge is 0.303 e. The van der Waals surface area contributed by atoms with Crippen LogP contribution in [0.5, 0.6) is 0 Å². The van der Waals surface area contributed by atoms with Gasteiger partial charge in [-0.3, -0.25) is 0 Å². The van der Waals surface area contributed by atoms with Gasteiger partial charge in [-0.1, -0.05) is 0 Å². The van der Waals surface area contributed by atoms with E-state index in [2.05, 4.69) is 0 Å². The van der Waals surface area contributed by atoms with Crippen molar-refractivity contribution in [2.75, 3.05) is 0 Å². The van der Waals surface area contributed by atoms with E-state index < -0.39 is 7.82 Å². The topological polar surface area (TPSA) is 77.8 Å². The molecule has 0 heterocycles. The second-order valence-electron chi connectivity index (χ2n) is 0.513. The van der Waals surface area contributed by atoms with Crippen LogP contribution in [0.1, 0.15) is 0 Å². The first-order valence-electron chi connectivity index (χ1n) is 0.783. The molecule has 0 bridgehead atoms.